The summed E-state index contributed by atoms with van der Waals surface area (Å²) in [5.74, 6) is 2.97. The second-order valence-corrected chi connectivity index (χ2v) is 19.9. The number of para-hydroxylation sites is 3. The number of nitrogens with zero attached hydrogens (tertiary/aromatic N) is 3. The van der Waals surface area contributed by atoms with Gasteiger partial charge in [-0.2, -0.15) is 6.67 Å². The molecule has 3 aromatic carbocycles. The van der Waals surface area contributed by atoms with Crippen molar-refractivity contribution in [3.63, 3.8) is 0 Å². The molecule has 2 aliphatic heterocycles. The first-order chi connectivity index (χ1) is 22.4. The SMILES string of the molecule is CC(C)c1cccc(C(C)C)c1N1[CH-]N(c2c(C(C)C)cccc2C(C)C)CC1.CN1CCC(Oc2ccccc2[CH]=[Ru]([Cl])[Cl])CC1. The Kier molecular flexibility index (Phi) is 14.2. The summed E-state index contributed by atoms with van der Waals surface area (Å²) in [7, 11) is 14.0. The standard InChI is InChI=1S/C27H39N2.C13H17NO.2ClH.Ru/c1-18(2)22-11-9-12-23(19(3)4)26(22)28-15-16-29(17-28)27-24(20(5)6)13-10-14-25(27)21(7)8;1-11-5-3-4-6-13(11)15-12-7-9-14(2)10-8-12;;;/h9-14,17-21H,15-16H2,1-8H3;1,3-6,12H,7-10H2,2H3;2*1H;/q-1;;;;+2/p-2. The van der Waals surface area contributed by atoms with Crippen molar-refractivity contribution in [1.29, 1.82) is 0 Å². The molecule has 0 saturated carbocycles. The molecule has 0 spiro atoms. The van der Waals surface area contributed by atoms with Crippen LogP contribution in [0.25, 0.3) is 0 Å². The van der Waals surface area contributed by atoms with E-state index in [9.17, 15) is 0 Å². The zero-order valence-electron chi connectivity index (χ0n) is 29.9. The number of anilines is 2. The predicted molar refractivity (Wildman–Crippen MR) is 203 cm³/mol. The van der Waals surface area contributed by atoms with E-state index in [0.717, 1.165) is 50.3 Å². The van der Waals surface area contributed by atoms with E-state index in [1.807, 2.05) is 28.9 Å². The fourth-order valence-corrected chi connectivity index (χ4v) is 8.37. The molecule has 47 heavy (non-hydrogen) atoms. The molecule has 0 unspecified atom stereocenters. The summed E-state index contributed by atoms with van der Waals surface area (Å²) in [6.07, 6.45) is 2.46. The quantitative estimate of drug-likeness (QED) is 0.159. The Labute approximate surface area is 298 Å². The molecule has 5 rings (SSSR count). The molecule has 0 N–H and O–H groups in total. The third kappa shape index (κ3) is 10.1. The van der Waals surface area contributed by atoms with E-state index in [1.54, 1.807) is 0 Å². The Balaban J connectivity index is 0.000000238. The van der Waals surface area contributed by atoms with Crippen LogP contribution in [0.5, 0.6) is 5.75 Å². The van der Waals surface area contributed by atoms with Crippen LogP contribution in [0.2, 0.25) is 0 Å². The summed E-state index contributed by atoms with van der Waals surface area (Å²) in [6, 6.07) is 21.7. The molecule has 0 atom stereocenters. The Morgan fingerprint density at radius 1 is 0.660 bits per heavy atom. The molecule has 0 aromatic heterocycles. The van der Waals surface area contributed by atoms with Crippen LogP contribution in [-0.2, 0) is 13.5 Å². The van der Waals surface area contributed by atoms with Crippen molar-refractivity contribution in [2.24, 2.45) is 0 Å². The van der Waals surface area contributed by atoms with Crippen LogP contribution < -0.4 is 14.5 Å². The number of likely N-dealkylation sites (tertiary alicyclic amines) is 1. The van der Waals surface area contributed by atoms with Crippen molar-refractivity contribution in [1.82, 2.24) is 4.90 Å². The van der Waals surface area contributed by atoms with Crippen molar-refractivity contribution in [2.75, 3.05) is 43.0 Å². The Morgan fingerprint density at radius 2 is 1.09 bits per heavy atom. The maximum absolute atomic E-state index is 6.08. The van der Waals surface area contributed by atoms with Crippen molar-refractivity contribution in [2.45, 2.75) is 98.0 Å². The summed E-state index contributed by atoms with van der Waals surface area (Å²) < 4.78 is 8.03. The first-order valence-electron chi connectivity index (χ1n) is 17.3. The van der Waals surface area contributed by atoms with E-state index in [0.29, 0.717) is 29.8 Å². The van der Waals surface area contributed by atoms with Gasteiger partial charge in [0.2, 0.25) is 0 Å². The van der Waals surface area contributed by atoms with Gasteiger partial charge in [-0.1, -0.05) is 91.8 Å². The number of benzene rings is 3. The van der Waals surface area contributed by atoms with Crippen LogP contribution in [-0.4, -0.2) is 48.8 Å². The van der Waals surface area contributed by atoms with Crippen molar-refractivity contribution >= 4 is 35.4 Å². The summed E-state index contributed by atoms with van der Waals surface area (Å²) in [5, 5.41) is 0. The van der Waals surface area contributed by atoms with E-state index in [2.05, 4.69) is 120 Å². The van der Waals surface area contributed by atoms with Crippen LogP contribution in [0.4, 0.5) is 11.4 Å². The van der Waals surface area contributed by atoms with Crippen LogP contribution in [0.1, 0.15) is 120 Å². The predicted octanol–water partition coefficient (Wildman–Crippen LogP) is 10.9. The second kappa shape index (κ2) is 17.7. The molecular formula is C40H56Cl2N3ORu-. The molecule has 0 aliphatic carbocycles. The fourth-order valence-electron chi connectivity index (χ4n) is 6.56. The average Bonchev–Trinajstić information content (AvgIpc) is 3.52. The minimum atomic E-state index is -1.80. The summed E-state index contributed by atoms with van der Waals surface area (Å²) in [5.41, 5.74) is 9.69. The molecule has 7 heteroatoms. The van der Waals surface area contributed by atoms with E-state index in [1.165, 1.54) is 33.6 Å². The topological polar surface area (TPSA) is 19.0 Å². The average molecular weight is 767 g/mol. The van der Waals surface area contributed by atoms with E-state index < -0.39 is 13.5 Å². The van der Waals surface area contributed by atoms with Crippen molar-refractivity contribution in [3.8, 4) is 5.75 Å². The molecule has 0 amide bonds. The normalized spacial score (nSPS) is 16.3. The summed E-state index contributed by atoms with van der Waals surface area (Å²) in [6.45, 7) is 25.1. The first kappa shape index (κ1) is 37.9. The number of hydrogen-bond donors (Lipinski definition) is 0. The second-order valence-electron chi connectivity index (χ2n) is 14.2. The number of rotatable bonds is 9. The first-order valence-corrected chi connectivity index (χ1v) is 22.8. The molecule has 2 fully saturated rings. The summed E-state index contributed by atoms with van der Waals surface area (Å²) in [4.78, 5) is 7.34. The molecule has 4 nitrogen and oxygen atoms in total. The van der Waals surface area contributed by atoms with E-state index >= 15 is 0 Å². The molecule has 260 valence electrons. The Bertz CT molecular complexity index is 1350. The van der Waals surface area contributed by atoms with E-state index in [4.69, 9.17) is 24.1 Å². The Hall–Kier alpha value is -1.91. The number of halogens is 2. The minimum absolute atomic E-state index is 0.307. The number of hydrogen-bond acceptors (Lipinski definition) is 4. The van der Waals surface area contributed by atoms with Gasteiger partial charge in [0, 0.05) is 24.5 Å². The van der Waals surface area contributed by atoms with Gasteiger partial charge >= 0.3 is 122 Å². The zero-order valence-corrected chi connectivity index (χ0v) is 33.2. The van der Waals surface area contributed by atoms with Crippen LogP contribution in [0.15, 0.2) is 60.7 Å². The molecule has 0 radical (unpaired) electrons. The van der Waals surface area contributed by atoms with Gasteiger partial charge in [0.05, 0.1) is 0 Å². The fraction of sp³-hybridized carbons (Fsp3) is 0.500. The van der Waals surface area contributed by atoms with Crippen molar-refractivity contribution < 1.29 is 18.3 Å². The molecule has 3 aromatic rings. The third-order valence-electron chi connectivity index (χ3n) is 9.19. The zero-order chi connectivity index (χ0) is 34.2. The number of piperidine rings is 1. The van der Waals surface area contributed by atoms with Gasteiger partial charge in [-0.15, -0.1) is 0 Å². The van der Waals surface area contributed by atoms with Crippen molar-refractivity contribution in [3.05, 3.63) is 95.1 Å². The van der Waals surface area contributed by atoms with E-state index in [-0.39, 0.29) is 0 Å². The van der Waals surface area contributed by atoms with Gasteiger partial charge in [-0.3, -0.25) is 0 Å². The molecule has 2 saturated heterocycles. The van der Waals surface area contributed by atoms with Crippen LogP contribution in [0, 0.1) is 6.67 Å². The van der Waals surface area contributed by atoms with Gasteiger partial charge in [-0.25, -0.2) is 0 Å². The Morgan fingerprint density at radius 3 is 1.49 bits per heavy atom. The van der Waals surface area contributed by atoms with Gasteiger partial charge in [-0.05, 0) is 45.9 Å². The van der Waals surface area contributed by atoms with Gasteiger partial charge in [0.15, 0.2) is 0 Å². The van der Waals surface area contributed by atoms with Crippen LogP contribution in [0.3, 0.4) is 0 Å². The van der Waals surface area contributed by atoms with Crippen LogP contribution >= 0.6 is 19.4 Å². The maximum atomic E-state index is 6.08. The molecular weight excluding hydrogens is 710 g/mol. The molecule has 2 heterocycles. The summed E-state index contributed by atoms with van der Waals surface area (Å²) >= 11 is -1.80. The number of ether oxygens (including phenoxy) is 1. The monoisotopic (exact) mass is 766 g/mol. The molecule has 2 aliphatic rings. The third-order valence-corrected chi connectivity index (χ3v) is 11.0. The van der Waals surface area contributed by atoms with Gasteiger partial charge < -0.3 is 9.80 Å². The van der Waals surface area contributed by atoms with Gasteiger partial charge in [0.25, 0.3) is 0 Å². The molecule has 0 bridgehead atoms. The van der Waals surface area contributed by atoms with Gasteiger partial charge in [0.1, 0.15) is 0 Å².